The summed E-state index contributed by atoms with van der Waals surface area (Å²) >= 11 is 1.02. The van der Waals surface area contributed by atoms with Crippen LogP contribution in [0.5, 0.6) is 0 Å². The van der Waals surface area contributed by atoms with Crippen LogP contribution in [0.15, 0.2) is 5.38 Å². The fourth-order valence-electron chi connectivity index (χ4n) is 1.77. The van der Waals surface area contributed by atoms with E-state index >= 15 is 0 Å². The number of rotatable bonds is 8. The predicted molar refractivity (Wildman–Crippen MR) is 80.7 cm³/mol. The Labute approximate surface area is 123 Å². The minimum Gasteiger partial charge on any atom is -0.477 e. The Morgan fingerprint density at radius 2 is 1.90 bits per heavy atom. The highest BCUT2D eigenvalue weighted by atomic mass is 32.2. The van der Waals surface area contributed by atoms with Crippen molar-refractivity contribution in [1.29, 1.82) is 0 Å². The number of nitrogens with zero attached hydrogens (tertiary/aromatic N) is 1. The van der Waals surface area contributed by atoms with Crippen molar-refractivity contribution in [1.82, 2.24) is 4.31 Å². The van der Waals surface area contributed by atoms with E-state index in [1.165, 1.54) is 4.31 Å². The molecule has 20 heavy (non-hydrogen) atoms. The number of aryl methyl sites for hydroxylation is 1. The van der Waals surface area contributed by atoms with Gasteiger partial charge >= 0.3 is 16.2 Å². The zero-order valence-electron chi connectivity index (χ0n) is 11.8. The Morgan fingerprint density at radius 3 is 2.35 bits per heavy atom. The summed E-state index contributed by atoms with van der Waals surface area (Å²) in [7, 11) is -3.72. The summed E-state index contributed by atoms with van der Waals surface area (Å²) in [6, 6.07) is 0. The van der Waals surface area contributed by atoms with Gasteiger partial charge in [-0.3, -0.25) is 4.72 Å². The topological polar surface area (TPSA) is 86.7 Å². The van der Waals surface area contributed by atoms with Crippen LogP contribution < -0.4 is 4.72 Å². The van der Waals surface area contributed by atoms with Gasteiger partial charge in [-0.05, 0) is 30.7 Å². The number of carbonyl (C=O) groups is 1. The zero-order valence-corrected chi connectivity index (χ0v) is 13.5. The van der Waals surface area contributed by atoms with E-state index in [1.54, 1.807) is 12.3 Å². The molecule has 1 heterocycles. The van der Waals surface area contributed by atoms with E-state index in [1.807, 2.05) is 13.8 Å². The first kappa shape index (κ1) is 16.9. The Kier molecular flexibility index (Phi) is 5.97. The molecule has 1 rings (SSSR count). The van der Waals surface area contributed by atoms with E-state index in [-0.39, 0.29) is 10.6 Å². The molecule has 0 unspecified atom stereocenters. The van der Waals surface area contributed by atoms with Crippen LogP contribution in [0.3, 0.4) is 0 Å². The lowest BCUT2D eigenvalue weighted by Gasteiger charge is -2.22. The van der Waals surface area contributed by atoms with Crippen molar-refractivity contribution in [3.05, 3.63) is 15.8 Å². The summed E-state index contributed by atoms with van der Waals surface area (Å²) in [5.41, 5.74) is 0.781. The fraction of sp³-hybridized carbons (Fsp3) is 0.583. The number of thiophene rings is 1. The molecule has 0 aliphatic carbocycles. The van der Waals surface area contributed by atoms with Crippen LogP contribution >= 0.6 is 11.3 Å². The predicted octanol–water partition coefficient (Wildman–Crippen LogP) is 2.53. The molecule has 114 valence electrons. The third-order valence-corrected chi connectivity index (χ3v) is 5.28. The van der Waals surface area contributed by atoms with Gasteiger partial charge in [0.15, 0.2) is 0 Å². The first-order valence-electron chi connectivity index (χ1n) is 6.42. The van der Waals surface area contributed by atoms with Crippen molar-refractivity contribution in [2.45, 2.75) is 33.6 Å². The second-order valence-corrected chi connectivity index (χ2v) is 6.98. The highest BCUT2D eigenvalue weighted by molar-refractivity contribution is 7.90. The minimum absolute atomic E-state index is 0.0130. The van der Waals surface area contributed by atoms with Gasteiger partial charge in [0, 0.05) is 13.1 Å². The molecule has 0 saturated carbocycles. The Balaban J connectivity index is 3.06. The number of anilines is 1. The maximum absolute atomic E-state index is 12.3. The molecule has 0 bridgehead atoms. The van der Waals surface area contributed by atoms with Gasteiger partial charge in [-0.15, -0.1) is 11.3 Å². The van der Waals surface area contributed by atoms with Crippen LogP contribution in [-0.2, 0) is 10.2 Å². The molecule has 8 heteroatoms. The average molecular weight is 320 g/mol. The van der Waals surface area contributed by atoms with Crippen molar-refractivity contribution in [3.8, 4) is 0 Å². The number of aromatic carboxylic acids is 1. The largest absolute Gasteiger partial charge is 0.477 e. The molecule has 2 N–H and O–H groups in total. The molecule has 1 aromatic rings. The highest BCUT2D eigenvalue weighted by Gasteiger charge is 2.24. The molecule has 0 aliphatic rings. The molecule has 0 aromatic carbocycles. The van der Waals surface area contributed by atoms with Gasteiger partial charge in [-0.1, -0.05) is 13.8 Å². The van der Waals surface area contributed by atoms with E-state index in [2.05, 4.69) is 4.72 Å². The lowest BCUT2D eigenvalue weighted by Crippen LogP contribution is -2.37. The average Bonchev–Trinajstić information content (AvgIpc) is 2.70. The second-order valence-electron chi connectivity index (χ2n) is 4.43. The second kappa shape index (κ2) is 7.05. The van der Waals surface area contributed by atoms with Crippen molar-refractivity contribution in [3.63, 3.8) is 0 Å². The van der Waals surface area contributed by atoms with Crippen molar-refractivity contribution in [2.24, 2.45) is 0 Å². The molecule has 0 fully saturated rings. The van der Waals surface area contributed by atoms with Crippen molar-refractivity contribution >= 4 is 33.2 Å². The van der Waals surface area contributed by atoms with Gasteiger partial charge in [0.1, 0.15) is 4.88 Å². The van der Waals surface area contributed by atoms with Crippen LogP contribution in [0.25, 0.3) is 0 Å². The Bertz CT molecular complexity index is 560. The normalized spacial score (nSPS) is 11.8. The maximum atomic E-state index is 12.3. The van der Waals surface area contributed by atoms with E-state index in [0.29, 0.717) is 31.5 Å². The third-order valence-electron chi connectivity index (χ3n) is 2.69. The smallest absolute Gasteiger partial charge is 0.348 e. The summed E-state index contributed by atoms with van der Waals surface area (Å²) in [5.74, 6) is -1.13. The molecule has 0 spiro atoms. The van der Waals surface area contributed by atoms with Gasteiger partial charge in [0.25, 0.3) is 0 Å². The molecular weight excluding hydrogens is 300 g/mol. The first-order chi connectivity index (χ1) is 9.33. The van der Waals surface area contributed by atoms with Gasteiger partial charge in [-0.2, -0.15) is 12.7 Å². The van der Waals surface area contributed by atoms with Crippen LogP contribution in [0, 0.1) is 6.92 Å². The van der Waals surface area contributed by atoms with Crippen LogP contribution in [-0.4, -0.2) is 36.9 Å². The quantitative estimate of drug-likeness (QED) is 0.770. The molecule has 0 amide bonds. The number of carboxylic acids is 1. The Morgan fingerprint density at radius 1 is 1.35 bits per heavy atom. The standard InChI is InChI=1S/C12H20N2O4S2/c1-4-6-14(7-5-2)20(17,18)13-10-9(3)8-19-11(10)12(15)16/h8,13H,4-7H2,1-3H3,(H,15,16). The van der Waals surface area contributed by atoms with Crippen LogP contribution in [0.2, 0.25) is 0 Å². The lowest BCUT2D eigenvalue weighted by atomic mass is 10.3. The van der Waals surface area contributed by atoms with E-state index < -0.39 is 16.2 Å². The number of hydrogen-bond donors (Lipinski definition) is 2. The summed E-state index contributed by atoms with van der Waals surface area (Å²) in [4.78, 5) is 11.1. The van der Waals surface area contributed by atoms with Gasteiger partial charge < -0.3 is 5.11 Å². The minimum atomic E-state index is -3.72. The molecule has 0 aliphatic heterocycles. The summed E-state index contributed by atoms with van der Waals surface area (Å²) in [6.45, 7) is 6.31. The monoisotopic (exact) mass is 320 g/mol. The molecule has 0 saturated heterocycles. The number of nitrogens with one attached hydrogen (secondary N) is 1. The number of carboxylic acid groups (broad SMARTS) is 1. The Hall–Kier alpha value is -1.12. The van der Waals surface area contributed by atoms with Crippen LogP contribution in [0.1, 0.15) is 41.9 Å². The van der Waals surface area contributed by atoms with Crippen molar-refractivity contribution < 1.29 is 18.3 Å². The third kappa shape index (κ3) is 3.94. The van der Waals surface area contributed by atoms with E-state index in [9.17, 15) is 13.2 Å². The lowest BCUT2D eigenvalue weighted by molar-refractivity contribution is 0.0703. The van der Waals surface area contributed by atoms with E-state index in [4.69, 9.17) is 5.11 Å². The van der Waals surface area contributed by atoms with Crippen molar-refractivity contribution in [2.75, 3.05) is 17.8 Å². The number of hydrogen-bond acceptors (Lipinski definition) is 4. The highest BCUT2D eigenvalue weighted by Crippen LogP contribution is 2.29. The van der Waals surface area contributed by atoms with Gasteiger partial charge in [0.2, 0.25) is 0 Å². The summed E-state index contributed by atoms with van der Waals surface area (Å²) in [5, 5.41) is 10.7. The van der Waals surface area contributed by atoms with E-state index in [0.717, 1.165) is 11.3 Å². The summed E-state index contributed by atoms with van der Waals surface area (Å²) < 4.78 is 28.4. The van der Waals surface area contributed by atoms with Gasteiger partial charge in [-0.25, -0.2) is 4.79 Å². The first-order valence-corrected chi connectivity index (χ1v) is 8.74. The SMILES string of the molecule is CCCN(CCC)S(=O)(=O)Nc1c(C)csc1C(=O)O. The molecule has 0 radical (unpaired) electrons. The summed E-state index contributed by atoms with van der Waals surface area (Å²) in [6.07, 6.45) is 1.41. The maximum Gasteiger partial charge on any atom is 0.348 e. The van der Waals surface area contributed by atoms with Crippen LogP contribution in [0.4, 0.5) is 5.69 Å². The molecular formula is C12H20N2O4S2. The molecule has 6 nitrogen and oxygen atoms in total. The fourth-order valence-corrected chi connectivity index (χ4v) is 4.18. The molecule has 1 aromatic heterocycles. The zero-order chi connectivity index (χ0) is 15.3. The molecule has 0 atom stereocenters. The van der Waals surface area contributed by atoms with Gasteiger partial charge in [0.05, 0.1) is 5.69 Å².